The Morgan fingerprint density at radius 2 is 2.04 bits per heavy atom. The van der Waals surface area contributed by atoms with E-state index in [-0.39, 0.29) is 25.0 Å². The molecule has 2 rings (SSSR count). The van der Waals surface area contributed by atoms with Gasteiger partial charge in [0.05, 0.1) is 11.8 Å². The molecule has 1 fully saturated rings. The van der Waals surface area contributed by atoms with Crippen LogP contribution in [0.25, 0.3) is 0 Å². The molecule has 1 N–H and O–H groups in total. The van der Waals surface area contributed by atoms with Crippen LogP contribution in [0.15, 0.2) is 6.20 Å². The summed E-state index contributed by atoms with van der Waals surface area (Å²) in [5, 5.41) is 6.97. The Hall–Kier alpha value is -1.49. The molecule has 0 bridgehead atoms. The largest absolute Gasteiger partial charge is 0.381 e. The van der Waals surface area contributed by atoms with E-state index in [9.17, 15) is 13.2 Å². The fourth-order valence-corrected chi connectivity index (χ4v) is 4.36. The number of aryl methyl sites for hydroxylation is 1. The van der Waals surface area contributed by atoms with Gasteiger partial charge in [0.1, 0.15) is 0 Å². The molecular formula is C16H29N5O4S. The maximum absolute atomic E-state index is 12.7. The molecule has 9 nitrogen and oxygen atoms in total. The van der Waals surface area contributed by atoms with E-state index in [1.54, 1.807) is 10.9 Å². The predicted octanol–water partition coefficient (Wildman–Crippen LogP) is 0.229. The third-order valence-electron chi connectivity index (χ3n) is 4.62. The second-order valence-corrected chi connectivity index (χ2v) is 8.55. The first-order chi connectivity index (χ1) is 12.3. The first-order valence-electron chi connectivity index (χ1n) is 8.86. The van der Waals surface area contributed by atoms with Crippen LogP contribution in [0.5, 0.6) is 0 Å². The zero-order valence-corrected chi connectivity index (χ0v) is 16.8. The topological polar surface area (TPSA) is 96.8 Å². The van der Waals surface area contributed by atoms with Crippen LogP contribution in [0.1, 0.15) is 35.8 Å². The van der Waals surface area contributed by atoms with Crippen LogP contribution < -0.4 is 5.32 Å². The molecule has 1 saturated heterocycles. The lowest BCUT2D eigenvalue weighted by atomic mass is 10.1. The van der Waals surface area contributed by atoms with Gasteiger partial charge >= 0.3 is 0 Å². The number of nitrogens with one attached hydrogen (secondary N) is 1. The lowest BCUT2D eigenvalue weighted by Crippen LogP contribution is -2.50. The van der Waals surface area contributed by atoms with Crippen molar-refractivity contribution in [2.75, 3.05) is 40.4 Å². The highest BCUT2D eigenvalue weighted by atomic mass is 32.2. The number of carbonyl (C=O) groups excluding carboxylic acids is 1. The Bertz CT molecular complexity index is 710. The molecule has 0 aromatic carbocycles. The van der Waals surface area contributed by atoms with Gasteiger partial charge in [-0.15, -0.1) is 0 Å². The second kappa shape index (κ2) is 8.94. The van der Waals surface area contributed by atoms with Crippen LogP contribution in [-0.4, -0.2) is 79.2 Å². The minimum absolute atomic E-state index is 0.113. The minimum Gasteiger partial charge on any atom is -0.381 e. The van der Waals surface area contributed by atoms with Crippen molar-refractivity contribution in [2.24, 2.45) is 0 Å². The van der Waals surface area contributed by atoms with Gasteiger partial charge < -0.3 is 10.1 Å². The van der Waals surface area contributed by atoms with Crippen molar-refractivity contribution in [1.82, 2.24) is 23.7 Å². The molecule has 0 aliphatic carbocycles. The monoisotopic (exact) mass is 387 g/mol. The van der Waals surface area contributed by atoms with E-state index in [1.165, 1.54) is 22.7 Å². The summed E-state index contributed by atoms with van der Waals surface area (Å²) >= 11 is 0. The standard InChI is InChI=1S/C16H29N5O4S/c1-5-20-13(2)15(12-18-20)16(22)17-8-9-21(26(23,24)19(3)4)14-6-10-25-11-7-14/h12,14H,5-11H2,1-4H3,(H,17,22). The molecule has 0 spiro atoms. The fourth-order valence-electron chi connectivity index (χ4n) is 3.03. The number of hydrogen-bond acceptors (Lipinski definition) is 5. The summed E-state index contributed by atoms with van der Waals surface area (Å²) in [6, 6.07) is -0.113. The van der Waals surface area contributed by atoms with Gasteiger partial charge in [-0.05, 0) is 26.7 Å². The smallest absolute Gasteiger partial charge is 0.281 e. The Morgan fingerprint density at radius 1 is 1.38 bits per heavy atom. The van der Waals surface area contributed by atoms with Crippen molar-refractivity contribution >= 4 is 16.1 Å². The molecule has 1 aromatic heterocycles. The molecule has 0 saturated carbocycles. The van der Waals surface area contributed by atoms with Crippen molar-refractivity contribution in [3.63, 3.8) is 0 Å². The number of rotatable bonds is 8. The summed E-state index contributed by atoms with van der Waals surface area (Å²) < 4.78 is 35.1. The summed E-state index contributed by atoms with van der Waals surface area (Å²) in [5.74, 6) is -0.239. The van der Waals surface area contributed by atoms with Crippen molar-refractivity contribution in [2.45, 2.75) is 39.3 Å². The van der Waals surface area contributed by atoms with E-state index in [4.69, 9.17) is 4.74 Å². The molecule has 1 amide bonds. The van der Waals surface area contributed by atoms with Gasteiger partial charge in [-0.3, -0.25) is 9.48 Å². The van der Waals surface area contributed by atoms with Gasteiger partial charge in [-0.1, -0.05) is 0 Å². The third-order valence-corrected chi connectivity index (χ3v) is 6.62. The van der Waals surface area contributed by atoms with Gasteiger partial charge in [-0.2, -0.15) is 22.1 Å². The first-order valence-corrected chi connectivity index (χ1v) is 10.3. The second-order valence-electron chi connectivity index (χ2n) is 6.46. The Morgan fingerprint density at radius 3 is 2.58 bits per heavy atom. The molecule has 2 heterocycles. The molecule has 10 heteroatoms. The van der Waals surface area contributed by atoms with Gasteiger partial charge in [0.25, 0.3) is 16.1 Å². The van der Waals surface area contributed by atoms with Gasteiger partial charge in [-0.25, -0.2) is 0 Å². The first kappa shape index (κ1) is 20.8. The maximum Gasteiger partial charge on any atom is 0.281 e. The van der Waals surface area contributed by atoms with Crippen LogP contribution >= 0.6 is 0 Å². The quantitative estimate of drug-likeness (QED) is 0.689. The average molecular weight is 388 g/mol. The van der Waals surface area contributed by atoms with Crippen LogP contribution in [0, 0.1) is 6.92 Å². The van der Waals surface area contributed by atoms with Crippen molar-refractivity contribution in [3.05, 3.63) is 17.5 Å². The van der Waals surface area contributed by atoms with Gasteiger partial charge in [0.15, 0.2) is 0 Å². The van der Waals surface area contributed by atoms with E-state index in [0.29, 0.717) is 38.2 Å². The highest BCUT2D eigenvalue weighted by Crippen LogP contribution is 2.19. The highest BCUT2D eigenvalue weighted by Gasteiger charge is 2.32. The molecule has 0 unspecified atom stereocenters. The third kappa shape index (κ3) is 4.61. The van der Waals surface area contributed by atoms with Crippen LogP contribution in [-0.2, 0) is 21.5 Å². The number of hydrogen-bond donors (Lipinski definition) is 1. The Labute approximate surface area is 155 Å². The van der Waals surface area contributed by atoms with E-state index in [1.807, 2.05) is 13.8 Å². The van der Waals surface area contributed by atoms with Crippen molar-refractivity contribution in [1.29, 1.82) is 0 Å². The molecule has 0 atom stereocenters. The summed E-state index contributed by atoms with van der Waals surface area (Å²) in [7, 11) is -0.533. The Kier molecular flexibility index (Phi) is 7.16. The summed E-state index contributed by atoms with van der Waals surface area (Å²) in [4.78, 5) is 12.4. The maximum atomic E-state index is 12.7. The van der Waals surface area contributed by atoms with Crippen LogP contribution in [0.4, 0.5) is 0 Å². The number of nitrogens with zero attached hydrogens (tertiary/aromatic N) is 4. The lowest BCUT2D eigenvalue weighted by molar-refractivity contribution is 0.0571. The van der Waals surface area contributed by atoms with E-state index in [0.717, 1.165) is 5.69 Å². The van der Waals surface area contributed by atoms with E-state index >= 15 is 0 Å². The highest BCUT2D eigenvalue weighted by molar-refractivity contribution is 7.86. The predicted molar refractivity (Wildman–Crippen MR) is 98.1 cm³/mol. The molecular weight excluding hydrogens is 358 g/mol. The number of carbonyl (C=O) groups is 1. The average Bonchev–Trinajstić information content (AvgIpc) is 2.99. The SMILES string of the molecule is CCn1ncc(C(=O)NCCN(C2CCOCC2)S(=O)(=O)N(C)C)c1C. The molecule has 1 aliphatic rings. The van der Waals surface area contributed by atoms with E-state index < -0.39 is 10.2 Å². The molecule has 0 radical (unpaired) electrons. The van der Waals surface area contributed by atoms with Crippen LogP contribution in [0.3, 0.4) is 0 Å². The zero-order valence-electron chi connectivity index (χ0n) is 15.9. The number of aromatic nitrogens is 2. The molecule has 148 valence electrons. The number of amides is 1. The Balaban J connectivity index is 2.02. The summed E-state index contributed by atoms with van der Waals surface area (Å²) in [6.07, 6.45) is 2.85. The fraction of sp³-hybridized carbons (Fsp3) is 0.750. The summed E-state index contributed by atoms with van der Waals surface area (Å²) in [6.45, 7) is 6.04. The van der Waals surface area contributed by atoms with Crippen molar-refractivity contribution in [3.8, 4) is 0 Å². The normalized spacial score (nSPS) is 16.4. The molecule has 1 aromatic rings. The van der Waals surface area contributed by atoms with Crippen molar-refractivity contribution < 1.29 is 17.9 Å². The lowest BCUT2D eigenvalue weighted by Gasteiger charge is -2.34. The van der Waals surface area contributed by atoms with Crippen LogP contribution in [0.2, 0.25) is 0 Å². The molecule has 1 aliphatic heterocycles. The number of ether oxygens (including phenoxy) is 1. The zero-order chi connectivity index (χ0) is 19.3. The van der Waals surface area contributed by atoms with Gasteiger partial charge in [0, 0.05) is 58.7 Å². The van der Waals surface area contributed by atoms with Gasteiger partial charge in [0.2, 0.25) is 0 Å². The summed E-state index contributed by atoms with van der Waals surface area (Å²) in [5.41, 5.74) is 1.31. The van der Waals surface area contributed by atoms with E-state index in [2.05, 4.69) is 10.4 Å². The minimum atomic E-state index is -3.57. The molecule has 26 heavy (non-hydrogen) atoms.